The highest BCUT2D eigenvalue weighted by molar-refractivity contribution is 5.89. The minimum Gasteiger partial charge on any atom is -0.462 e. The first kappa shape index (κ1) is 18.0. The molecule has 0 bridgehead atoms. The molecular formula is C21H25NO2. The molecule has 126 valence electrons. The Morgan fingerprint density at radius 1 is 0.917 bits per heavy atom. The van der Waals surface area contributed by atoms with E-state index in [0.717, 1.165) is 30.5 Å². The zero-order valence-electron chi connectivity index (χ0n) is 14.4. The van der Waals surface area contributed by atoms with E-state index in [2.05, 4.69) is 23.1 Å². The van der Waals surface area contributed by atoms with Gasteiger partial charge in [0.05, 0.1) is 12.2 Å². The molecule has 0 saturated heterocycles. The van der Waals surface area contributed by atoms with Crippen molar-refractivity contribution >= 4 is 18.1 Å². The van der Waals surface area contributed by atoms with Crippen LogP contribution in [-0.4, -0.2) is 38.1 Å². The van der Waals surface area contributed by atoms with Crippen molar-refractivity contribution in [3.63, 3.8) is 0 Å². The fourth-order valence-corrected chi connectivity index (χ4v) is 2.27. The van der Waals surface area contributed by atoms with Gasteiger partial charge in [-0.05, 0) is 56.7 Å². The van der Waals surface area contributed by atoms with E-state index >= 15 is 0 Å². The molecule has 2 aromatic rings. The monoisotopic (exact) mass is 323 g/mol. The topological polar surface area (TPSA) is 29.5 Å². The van der Waals surface area contributed by atoms with Crippen LogP contribution in [0.15, 0.2) is 54.6 Å². The average molecular weight is 323 g/mol. The summed E-state index contributed by atoms with van der Waals surface area (Å²) in [7, 11) is 4.08. The molecule has 0 fully saturated rings. The van der Waals surface area contributed by atoms with Crippen LogP contribution in [0.3, 0.4) is 0 Å². The van der Waals surface area contributed by atoms with Gasteiger partial charge in [0.2, 0.25) is 0 Å². The second-order valence-electron chi connectivity index (χ2n) is 6.01. The average Bonchev–Trinajstić information content (AvgIpc) is 2.60. The Morgan fingerprint density at radius 2 is 1.54 bits per heavy atom. The molecule has 0 aliphatic rings. The quantitative estimate of drug-likeness (QED) is 0.411. The summed E-state index contributed by atoms with van der Waals surface area (Å²) in [5.41, 5.74) is 2.81. The number of nitrogens with zero attached hydrogens (tertiary/aromatic N) is 1. The van der Waals surface area contributed by atoms with Crippen molar-refractivity contribution in [2.24, 2.45) is 0 Å². The molecule has 0 atom stereocenters. The van der Waals surface area contributed by atoms with Crippen LogP contribution in [-0.2, 0) is 4.74 Å². The summed E-state index contributed by atoms with van der Waals surface area (Å²) in [6.07, 6.45) is 6.01. The summed E-state index contributed by atoms with van der Waals surface area (Å²) in [6, 6.07) is 17.6. The van der Waals surface area contributed by atoms with Crippen LogP contribution in [0.4, 0.5) is 0 Å². The van der Waals surface area contributed by atoms with Gasteiger partial charge < -0.3 is 9.64 Å². The largest absolute Gasteiger partial charge is 0.462 e. The van der Waals surface area contributed by atoms with Crippen LogP contribution < -0.4 is 0 Å². The van der Waals surface area contributed by atoms with Crippen LogP contribution in [0.5, 0.6) is 0 Å². The molecule has 0 heterocycles. The molecule has 3 nitrogen and oxygen atoms in total. The van der Waals surface area contributed by atoms with E-state index in [1.165, 1.54) is 0 Å². The zero-order valence-corrected chi connectivity index (χ0v) is 14.4. The van der Waals surface area contributed by atoms with Crippen molar-refractivity contribution in [3.05, 3.63) is 71.3 Å². The normalized spacial score (nSPS) is 11.1. The van der Waals surface area contributed by atoms with Gasteiger partial charge in [0.1, 0.15) is 0 Å². The van der Waals surface area contributed by atoms with Gasteiger partial charge in [-0.25, -0.2) is 4.79 Å². The Morgan fingerprint density at radius 3 is 2.17 bits per heavy atom. The lowest BCUT2D eigenvalue weighted by molar-refractivity contribution is 0.0496. The molecule has 0 N–H and O–H groups in total. The lowest BCUT2D eigenvalue weighted by atomic mass is 10.1. The van der Waals surface area contributed by atoms with E-state index < -0.39 is 0 Å². The van der Waals surface area contributed by atoms with Crippen molar-refractivity contribution in [2.75, 3.05) is 27.2 Å². The van der Waals surface area contributed by atoms with Crippen molar-refractivity contribution in [1.29, 1.82) is 0 Å². The third kappa shape index (κ3) is 6.39. The predicted octanol–water partition coefficient (Wildman–Crippen LogP) is 4.36. The fourth-order valence-electron chi connectivity index (χ4n) is 2.27. The Kier molecular flexibility index (Phi) is 7.24. The molecule has 24 heavy (non-hydrogen) atoms. The number of hydrogen-bond acceptors (Lipinski definition) is 3. The number of rotatable bonds is 8. The van der Waals surface area contributed by atoms with Crippen LogP contribution in [0, 0.1) is 0 Å². The molecule has 0 aliphatic carbocycles. The van der Waals surface area contributed by atoms with Crippen LogP contribution in [0.1, 0.15) is 34.3 Å². The predicted molar refractivity (Wildman–Crippen MR) is 99.9 cm³/mol. The molecular weight excluding hydrogens is 298 g/mol. The Bertz CT molecular complexity index is 645. The van der Waals surface area contributed by atoms with E-state index in [4.69, 9.17) is 4.74 Å². The van der Waals surface area contributed by atoms with Gasteiger partial charge in [0.15, 0.2) is 0 Å². The fraction of sp³-hybridized carbons (Fsp3) is 0.286. The summed E-state index contributed by atoms with van der Waals surface area (Å²) < 4.78 is 5.30. The summed E-state index contributed by atoms with van der Waals surface area (Å²) in [4.78, 5) is 14.1. The highest BCUT2D eigenvalue weighted by Crippen LogP contribution is 2.11. The van der Waals surface area contributed by atoms with Gasteiger partial charge in [-0.3, -0.25) is 0 Å². The molecule has 3 heteroatoms. The first-order valence-corrected chi connectivity index (χ1v) is 8.30. The summed E-state index contributed by atoms with van der Waals surface area (Å²) >= 11 is 0. The molecule has 0 aliphatic heterocycles. The minimum absolute atomic E-state index is 0.251. The van der Waals surface area contributed by atoms with Crippen molar-refractivity contribution in [3.8, 4) is 0 Å². The second kappa shape index (κ2) is 9.68. The van der Waals surface area contributed by atoms with E-state index in [-0.39, 0.29) is 5.97 Å². The third-order valence-corrected chi connectivity index (χ3v) is 3.65. The van der Waals surface area contributed by atoms with Gasteiger partial charge in [0, 0.05) is 0 Å². The van der Waals surface area contributed by atoms with E-state index in [9.17, 15) is 4.79 Å². The Labute approximate surface area is 144 Å². The Hall–Kier alpha value is -2.39. The van der Waals surface area contributed by atoms with E-state index in [0.29, 0.717) is 12.2 Å². The highest BCUT2D eigenvalue weighted by Gasteiger charge is 2.06. The summed E-state index contributed by atoms with van der Waals surface area (Å²) in [6.45, 7) is 1.49. The second-order valence-corrected chi connectivity index (χ2v) is 6.01. The maximum Gasteiger partial charge on any atom is 0.338 e. The first-order chi connectivity index (χ1) is 11.6. The molecule has 0 amide bonds. The van der Waals surface area contributed by atoms with Crippen LogP contribution >= 0.6 is 0 Å². The lowest BCUT2D eigenvalue weighted by Crippen LogP contribution is -2.14. The standard InChI is InChI=1S/C21H25NO2/c1-22(2)16-6-7-17-24-21(23)20-14-12-19(13-15-20)11-10-18-8-4-3-5-9-18/h3-5,8-15H,6-7,16-17H2,1-2H3/b11-10+. The maximum absolute atomic E-state index is 12.0. The molecule has 0 saturated carbocycles. The maximum atomic E-state index is 12.0. The number of hydrogen-bond donors (Lipinski definition) is 0. The highest BCUT2D eigenvalue weighted by atomic mass is 16.5. The van der Waals surface area contributed by atoms with Crippen molar-refractivity contribution in [2.45, 2.75) is 12.8 Å². The third-order valence-electron chi connectivity index (χ3n) is 3.65. The van der Waals surface area contributed by atoms with Crippen molar-refractivity contribution < 1.29 is 9.53 Å². The zero-order chi connectivity index (χ0) is 17.2. The van der Waals surface area contributed by atoms with Crippen LogP contribution in [0.2, 0.25) is 0 Å². The molecule has 2 rings (SSSR count). The number of esters is 1. The summed E-state index contributed by atoms with van der Waals surface area (Å²) in [5, 5.41) is 0. The van der Waals surface area contributed by atoms with Crippen molar-refractivity contribution in [1.82, 2.24) is 4.90 Å². The van der Waals surface area contributed by atoms with E-state index in [1.807, 2.05) is 62.6 Å². The summed E-state index contributed by atoms with van der Waals surface area (Å²) in [5.74, 6) is -0.251. The number of unbranched alkanes of at least 4 members (excludes halogenated alkanes) is 1. The lowest BCUT2D eigenvalue weighted by Gasteiger charge is -2.09. The van der Waals surface area contributed by atoms with Gasteiger partial charge >= 0.3 is 5.97 Å². The minimum atomic E-state index is -0.251. The number of ether oxygens (including phenoxy) is 1. The van der Waals surface area contributed by atoms with Gasteiger partial charge in [-0.1, -0.05) is 54.6 Å². The molecule has 0 unspecified atom stereocenters. The molecule has 0 radical (unpaired) electrons. The smallest absolute Gasteiger partial charge is 0.338 e. The number of carbonyl (C=O) groups is 1. The van der Waals surface area contributed by atoms with Gasteiger partial charge in [0.25, 0.3) is 0 Å². The van der Waals surface area contributed by atoms with E-state index in [1.54, 1.807) is 0 Å². The van der Waals surface area contributed by atoms with Gasteiger partial charge in [-0.2, -0.15) is 0 Å². The molecule has 0 aromatic heterocycles. The van der Waals surface area contributed by atoms with Gasteiger partial charge in [-0.15, -0.1) is 0 Å². The molecule has 2 aromatic carbocycles. The molecule has 0 spiro atoms. The van der Waals surface area contributed by atoms with Crippen LogP contribution in [0.25, 0.3) is 12.2 Å². The number of benzene rings is 2. The Balaban J connectivity index is 1.80. The SMILES string of the molecule is CN(C)CCCCOC(=O)c1ccc(/C=C/c2ccccc2)cc1. The first-order valence-electron chi connectivity index (χ1n) is 8.30. The number of carbonyl (C=O) groups excluding carboxylic acids is 1.